The van der Waals surface area contributed by atoms with Gasteiger partial charge in [0.05, 0.1) is 0 Å². The Balaban J connectivity index is 1.94. The number of nitrogens with one attached hydrogen (secondary N) is 1. The molecule has 2 rings (SSSR count). The fourth-order valence-corrected chi connectivity index (χ4v) is 2.73. The van der Waals surface area contributed by atoms with Crippen molar-refractivity contribution >= 4 is 17.5 Å². The fourth-order valence-electron chi connectivity index (χ4n) is 2.73. The number of carbonyl (C=O) groups is 2. The molecule has 1 N–H and O–H groups in total. The van der Waals surface area contributed by atoms with E-state index in [4.69, 9.17) is 0 Å². The Morgan fingerprint density at radius 3 is 2.21 bits per heavy atom. The predicted molar refractivity (Wildman–Crippen MR) is 97.2 cm³/mol. The summed E-state index contributed by atoms with van der Waals surface area (Å²) >= 11 is 0. The third kappa shape index (κ3) is 4.37. The Hall–Kier alpha value is -2.30. The van der Waals surface area contributed by atoms with Gasteiger partial charge in [-0.1, -0.05) is 26.8 Å². The van der Waals surface area contributed by atoms with Gasteiger partial charge in [0.25, 0.3) is 5.91 Å². The van der Waals surface area contributed by atoms with Crippen LogP contribution in [-0.2, 0) is 4.79 Å². The maximum Gasteiger partial charge on any atom is 0.251 e. The Labute approximate surface area is 144 Å². The lowest BCUT2D eigenvalue weighted by atomic mass is 9.94. The zero-order valence-electron chi connectivity index (χ0n) is 14.8. The van der Waals surface area contributed by atoms with Crippen molar-refractivity contribution in [3.8, 4) is 0 Å². The molecule has 0 radical (unpaired) electrons. The highest BCUT2D eigenvalue weighted by molar-refractivity contribution is 5.94. The Kier molecular flexibility index (Phi) is 5.65. The number of benzene rings is 1. The van der Waals surface area contributed by atoms with E-state index in [9.17, 15) is 9.59 Å². The number of piperazine rings is 1. The molecular formula is C19H27N3O2. The Bertz CT molecular complexity index is 594. The van der Waals surface area contributed by atoms with Crippen LogP contribution >= 0.6 is 0 Å². The topological polar surface area (TPSA) is 52.7 Å². The number of nitrogens with zero attached hydrogens (tertiary/aromatic N) is 2. The minimum Gasteiger partial charge on any atom is -0.368 e. The minimum atomic E-state index is -0.331. The number of anilines is 1. The first kappa shape index (κ1) is 18.0. The first-order valence-electron chi connectivity index (χ1n) is 8.36. The van der Waals surface area contributed by atoms with Crippen LogP contribution in [0.3, 0.4) is 0 Å². The van der Waals surface area contributed by atoms with E-state index >= 15 is 0 Å². The van der Waals surface area contributed by atoms with Gasteiger partial charge in [0.1, 0.15) is 0 Å². The van der Waals surface area contributed by atoms with E-state index in [1.807, 2.05) is 49.9 Å². The second-order valence-electron chi connectivity index (χ2n) is 7.07. The number of hydrogen-bond donors (Lipinski definition) is 1. The maximum absolute atomic E-state index is 12.3. The van der Waals surface area contributed by atoms with Gasteiger partial charge in [0, 0.05) is 49.4 Å². The summed E-state index contributed by atoms with van der Waals surface area (Å²) in [5, 5.41) is 2.77. The molecule has 2 amide bonds. The molecule has 1 heterocycles. The smallest absolute Gasteiger partial charge is 0.251 e. The summed E-state index contributed by atoms with van der Waals surface area (Å²) in [6.45, 7) is 13.0. The van der Waals surface area contributed by atoms with Crippen molar-refractivity contribution in [1.82, 2.24) is 10.2 Å². The van der Waals surface area contributed by atoms with Gasteiger partial charge >= 0.3 is 0 Å². The third-order valence-corrected chi connectivity index (χ3v) is 4.11. The lowest BCUT2D eigenvalue weighted by Gasteiger charge is -2.38. The predicted octanol–water partition coefficient (Wildman–Crippen LogP) is 2.30. The van der Waals surface area contributed by atoms with E-state index in [1.54, 1.807) is 6.08 Å². The molecule has 1 saturated heterocycles. The van der Waals surface area contributed by atoms with Gasteiger partial charge in [0.15, 0.2) is 0 Å². The summed E-state index contributed by atoms with van der Waals surface area (Å²) in [5.41, 5.74) is 1.39. The molecule has 0 bridgehead atoms. The minimum absolute atomic E-state index is 0.0953. The summed E-state index contributed by atoms with van der Waals surface area (Å²) in [6.07, 6.45) is 1.66. The van der Waals surface area contributed by atoms with E-state index in [0.29, 0.717) is 12.1 Å². The molecule has 24 heavy (non-hydrogen) atoms. The lowest BCUT2D eigenvalue weighted by molar-refractivity contribution is -0.139. The van der Waals surface area contributed by atoms with Crippen molar-refractivity contribution in [2.24, 2.45) is 5.41 Å². The summed E-state index contributed by atoms with van der Waals surface area (Å²) in [5.74, 6) is 0.110. The van der Waals surface area contributed by atoms with Gasteiger partial charge < -0.3 is 15.1 Å². The molecular weight excluding hydrogens is 302 g/mol. The average Bonchev–Trinajstić information content (AvgIpc) is 2.58. The molecule has 5 heteroatoms. The summed E-state index contributed by atoms with van der Waals surface area (Å²) in [6, 6.07) is 7.59. The van der Waals surface area contributed by atoms with Gasteiger partial charge in [0.2, 0.25) is 5.91 Å². The van der Waals surface area contributed by atoms with Crippen LogP contribution in [0.15, 0.2) is 36.9 Å². The number of hydrogen-bond acceptors (Lipinski definition) is 3. The fraction of sp³-hybridized carbons (Fsp3) is 0.474. The maximum atomic E-state index is 12.3. The SMILES string of the molecule is C=CCNC(=O)c1ccc(N2CCN(C(=O)C(C)(C)C)CC2)cc1. The monoisotopic (exact) mass is 329 g/mol. The van der Waals surface area contributed by atoms with Crippen molar-refractivity contribution in [3.63, 3.8) is 0 Å². The van der Waals surface area contributed by atoms with Gasteiger partial charge in [-0.05, 0) is 24.3 Å². The van der Waals surface area contributed by atoms with Gasteiger partial charge in [-0.25, -0.2) is 0 Å². The van der Waals surface area contributed by atoms with Crippen LogP contribution in [0.4, 0.5) is 5.69 Å². The zero-order chi connectivity index (χ0) is 17.7. The first-order chi connectivity index (χ1) is 11.3. The van der Waals surface area contributed by atoms with Crippen molar-refractivity contribution in [3.05, 3.63) is 42.5 Å². The first-order valence-corrected chi connectivity index (χ1v) is 8.36. The van der Waals surface area contributed by atoms with Crippen LogP contribution < -0.4 is 10.2 Å². The molecule has 0 aromatic heterocycles. The van der Waals surface area contributed by atoms with Crippen molar-refractivity contribution in [1.29, 1.82) is 0 Å². The lowest BCUT2D eigenvalue weighted by Crippen LogP contribution is -2.51. The van der Waals surface area contributed by atoms with Crippen LogP contribution in [0, 0.1) is 5.41 Å². The van der Waals surface area contributed by atoms with Crippen molar-refractivity contribution < 1.29 is 9.59 Å². The molecule has 0 unspecified atom stereocenters. The van der Waals surface area contributed by atoms with E-state index < -0.39 is 0 Å². The van der Waals surface area contributed by atoms with Gasteiger partial charge in [-0.3, -0.25) is 9.59 Å². The number of rotatable bonds is 4. The van der Waals surface area contributed by atoms with E-state index in [0.717, 1.165) is 31.9 Å². The summed E-state index contributed by atoms with van der Waals surface area (Å²) < 4.78 is 0. The molecule has 0 atom stereocenters. The van der Waals surface area contributed by atoms with Crippen LogP contribution in [0.25, 0.3) is 0 Å². The van der Waals surface area contributed by atoms with Crippen LogP contribution in [-0.4, -0.2) is 49.4 Å². The summed E-state index contributed by atoms with van der Waals surface area (Å²) in [4.78, 5) is 28.4. The number of amides is 2. The van der Waals surface area contributed by atoms with Gasteiger partial charge in [-0.15, -0.1) is 6.58 Å². The molecule has 1 aromatic carbocycles. The molecule has 1 aliphatic heterocycles. The average molecular weight is 329 g/mol. The largest absolute Gasteiger partial charge is 0.368 e. The van der Waals surface area contributed by atoms with Gasteiger partial charge in [-0.2, -0.15) is 0 Å². The second kappa shape index (κ2) is 7.51. The zero-order valence-corrected chi connectivity index (χ0v) is 14.8. The quantitative estimate of drug-likeness (QED) is 0.863. The molecule has 1 fully saturated rings. The molecule has 0 aliphatic carbocycles. The van der Waals surface area contributed by atoms with E-state index in [-0.39, 0.29) is 17.2 Å². The van der Waals surface area contributed by atoms with E-state index in [1.165, 1.54) is 0 Å². The normalized spacial score (nSPS) is 15.1. The van der Waals surface area contributed by atoms with Crippen LogP contribution in [0.5, 0.6) is 0 Å². The number of carbonyl (C=O) groups excluding carboxylic acids is 2. The third-order valence-electron chi connectivity index (χ3n) is 4.11. The highest BCUT2D eigenvalue weighted by atomic mass is 16.2. The molecule has 1 aromatic rings. The Morgan fingerprint density at radius 2 is 1.71 bits per heavy atom. The second-order valence-corrected chi connectivity index (χ2v) is 7.07. The highest BCUT2D eigenvalue weighted by Gasteiger charge is 2.29. The Morgan fingerprint density at radius 1 is 1.12 bits per heavy atom. The molecule has 0 saturated carbocycles. The van der Waals surface area contributed by atoms with Crippen molar-refractivity contribution in [2.75, 3.05) is 37.6 Å². The molecule has 130 valence electrons. The van der Waals surface area contributed by atoms with Crippen LogP contribution in [0.1, 0.15) is 31.1 Å². The highest BCUT2D eigenvalue weighted by Crippen LogP contribution is 2.21. The molecule has 0 spiro atoms. The van der Waals surface area contributed by atoms with Crippen molar-refractivity contribution in [2.45, 2.75) is 20.8 Å². The molecule has 1 aliphatic rings. The van der Waals surface area contributed by atoms with E-state index in [2.05, 4.69) is 16.8 Å². The summed E-state index contributed by atoms with van der Waals surface area (Å²) in [7, 11) is 0. The molecule has 5 nitrogen and oxygen atoms in total. The van der Waals surface area contributed by atoms with Crippen LogP contribution in [0.2, 0.25) is 0 Å². The standard InChI is InChI=1S/C19H27N3O2/c1-5-10-20-17(23)15-6-8-16(9-7-15)21-11-13-22(14-12-21)18(24)19(2,3)4/h5-9H,1,10-14H2,2-4H3,(H,20,23).